The molecule has 0 amide bonds. The van der Waals surface area contributed by atoms with Gasteiger partial charge in [0, 0.05) is 29.1 Å². The molecule has 5 heteroatoms. The third-order valence-corrected chi connectivity index (χ3v) is 4.38. The number of hydrogen-bond donors (Lipinski definition) is 1. The van der Waals surface area contributed by atoms with Crippen LogP contribution >= 0.6 is 23.7 Å². The summed E-state index contributed by atoms with van der Waals surface area (Å²) >= 11 is 1.74. The molecule has 0 fully saturated rings. The molecule has 24 heavy (non-hydrogen) atoms. The standard InChI is InChI=1S/C19H18FNOS.ClH/c20-18-9-3-1-7-16(18)14-22-19-10-4-2-6-15(19)12-21-13-17-8-5-11-23-17;/h1-11,21H,12-14H2;1H. The van der Waals surface area contributed by atoms with Crippen LogP contribution in [0.2, 0.25) is 0 Å². The van der Waals surface area contributed by atoms with Crippen molar-refractivity contribution in [3.05, 3.63) is 87.9 Å². The van der Waals surface area contributed by atoms with E-state index in [4.69, 9.17) is 4.74 Å². The van der Waals surface area contributed by atoms with Crippen LogP contribution in [0.25, 0.3) is 0 Å². The highest BCUT2D eigenvalue weighted by atomic mass is 35.5. The van der Waals surface area contributed by atoms with E-state index in [2.05, 4.69) is 16.8 Å². The normalized spacial score (nSPS) is 10.2. The van der Waals surface area contributed by atoms with E-state index in [1.54, 1.807) is 23.5 Å². The van der Waals surface area contributed by atoms with Crippen molar-refractivity contribution >= 4 is 23.7 Å². The number of halogens is 2. The van der Waals surface area contributed by atoms with E-state index in [1.807, 2.05) is 36.4 Å². The molecule has 1 N–H and O–H groups in total. The molecule has 0 unspecified atom stereocenters. The minimum atomic E-state index is -0.235. The van der Waals surface area contributed by atoms with Crippen molar-refractivity contribution in [2.75, 3.05) is 0 Å². The van der Waals surface area contributed by atoms with Crippen LogP contribution in [0.15, 0.2) is 66.0 Å². The zero-order valence-electron chi connectivity index (χ0n) is 13.1. The van der Waals surface area contributed by atoms with E-state index in [0.717, 1.165) is 17.9 Å². The van der Waals surface area contributed by atoms with Crippen LogP contribution in [-0.4, -0.2) is 0 Å². The predicted octanol–water partition coefficient (Wildman–Crippen LogP) is 5.18. The first-order chi connectivity index (χ1) is 11.3. The molecular weight excluding hydrogens is 345 g/mol. The second-order valence-corrected chi connectivity index (χ2v) is 6.20. The van der Waals surface area contributed by atoms with Crippen molar-refractivity contribution in [3.63, 3.8) is 0 Å². The van der Waals surface area contributed by atoms with E-state index in [9.17, 15) is 4.39 Å². The minimum absolute atomic E-state index is 0. The summed E-state index contributed by atoms with van der Waals surface area (Å²) in [4.78, 5) is 1.30. The first kappa shape index (κ1) is 18.5. The van der Waals surface area contributed by atoms with E-state index in [-0.39, 0.29) is 24.8 Å². The van der Waals surface area contributed by atoms with Gasteiger partial charge in [-0.25, -0.2) is 4.39 Å². The Bertz CT molecular complexity index is 749. The smallest absolute Gasteiger partial charge is 0.129 e. The summed E-state index contributed by atoms with van der Waals surface area (Å²) in [6.45, 7) is 1.78. The van der Waals surface area contributed by atoms with Crippen molar-refractivity contribution in [1.29, 1.82) is 0 Å². The fraction of sp³-hybridized carbons (Fsp3) is 0.158. The van der Waals surface area contributed by atoms with Gasteiger partial charge in [0.2, 0.25) is 0 Å². The van der Waals surface area contributed by atoms with E-state index in [1.165, 1.54) is 10.9 Å². The molecule has 1 heterocycles. The number of rotatable bonds is 7. The number of nitrogens with one attached hydrogen (secondary N) is 1. The summed E-state index contributed by atoms with van der Waals surface area (Å²) in [7, 11) is 0. The predicted molar refractivity (Wildman–Crippen MR) is 99.3 cm³/mol. The Morgan fingerprint density at radius 1 is 0.875 bits per heavy atom. The molecule has 0 aliphatic carbocycles. The molecule has 3 aromatic rings. The van der Waals surface area contributed by atoms with Gasteiger partial charge in [-0.1, -0.05) is 42.5 Å². The van der Waals surface area contributed by atoms with Crippen molar-refractivity contribution in [2.45, 2.75) is 19.7 Å². The average Bonchev–Trinajstić information content (AvgIpc) is 3.09. The summed E-state index contributed by atoms with van der Waals surface area (Å²) < 4.78 is 19.5. The lowest BCUT2D eigenvalue weighted by Crippen LogP contribution is -2.13. The third-order valence-electron chi connectivity index (χ3n) is 3.51. The monoisotopic (exact) mass is 363 g/mol. The second kappa shape index (κ2) is 9.42. The van der Waals surface area contributed by atoms with Crippen LogP contribution in [0.1, 0.15) is 16.0 Å². The first-order valence-electron chi connectivity index (χ1n) is 7.50. The Balaban J connectivity index is 0.00000208. The van der Waals surface area contributed by atoms with Crippen molar-refractivity contribution in [3.8, 4) is 5.75 Å². The molecule has 2 aromatic carbocycles. The van der Waals surface area contributed by atoms with E-state index in [0.29, 0.717) is 12.1 Å². The molecule has 0 saturated carbocycles. The summed E-state index contributed by atoms with van der Waals surface area (Å²) in [5.74, 6) is 0.551. The molecule has 0 saturated heterocycles. The lowest BCUT2D eigenvalue weighted by atomic mass is 10.2. The summed E-state index contributed by atoms with van der Waals surface area (Å²) in [6.07, 6.45) is 0. The Morgan fingerprint density at radius 3 is 2.38 bits per heavy atom. The quantitative estimate of drug-likeness (QED) is 0.624. The van der Waals surface area contributed by atoms with Gasteiger partial charge in [-0.2, -0.15) is 0 Å². The lowest BCUT2D eigenvalue weighted by molar-refractivity contribution is 0.296. The zero-order valence-corrected chi connectivity index (χ0v) is 14.7. The largest absolute Gasteiger partial charge is 0.488 e. The maximum Gasteiger partial charge on any atom is 0.129 e. The van der Waals surface area contributed by atoms with Crippen molar-refractivity contribution in [1.82, 2.24) is 5.32 Å². The van der Waals surface area contributed by atoms with Crippen LogP contribution in [-0.2, 0) is 19.7 Å². The Labute approximate surface area is 151 Å². The topological polar surface area (TPSA) is 21.3 Å². The van der Waals surface area contributed by atoms with Gasteiger partial charge in [-0.05, 0) is 23.6 Å². The Morgan fingerprint density at radius 2 is 1.62 bits per heavy atom. The van der Waals surface area contributed by atoms with E-state index >= 15 is 0 Å². The molecule has 0 radical (unpaired) electrons. The van der Waals surface area contributed by atoms with Crippen LogP contribution in [0.3, 0.4) is 0 Å². The maximum absolute atomic E-state index is 13.7. The average molecular weight is 364 g/mol. The number of para-hydroxylation sites is 1. The van der Waals surface area contributed by atoms with Crippen LogP contribution < -0.4 is 10.1 Å². The second-order valence-electron chi connectivity index (χ2n) is 5.17. The first-order valence-corrected chi connectivity index (χ1v) is 8.38. The molecule has 0 aliphatic rings. The van der Waals surface area contributed by atoms with Gasteiger partial charge in [0.15, 0.2) is 0 Å². The summed E-state index contributed by atoms with van der Waals surface area (Å²) in [5.41, 5.74) is 1.63. The number of benzene rings is 2. The number of ether oxygens (including phenoxy) is 1. The van der Waals surface area contributed by atoms with Gasteiger partial charge in [0.25, 0.3) is 0 Å². The highest BCUT2D eigenvalue weighted by molar-refractivity contribution is 7.09. The molecule has 2 nitrogen and oxygen atoms in total. The van der Waals surface area contributed by atoms with Crippen LogP contribution in [0, 0.1) is 5.82 Å². The molecule has 1 aromatic heterocycles. The molecule has 3 rings (SSSR count). The summed E-state index contributed by atoms with van der Waals surface area (Å²) in [5, 5.41) is 5.48. The van der Waals surface area contributed by atoms with Gasteiger partial charge in [-0.3, -0.25) is 0 Å². The molecular formula is C19H19ClFNOS. The number of hydrogen-bond acceptors (Lipinski definition) is 3. The summed E-state index contributed by atoms with van der Waals surface area (Å²) in [6, 6.07) is 18.7. The van der Waals surface area contributed by atoms with Gasteiger partial charge >= 0.3 is 0 Å². The van der Waals surface area contributed by atoms with Gasteiger partial charge in [-0.15, -0.1) is 23.7 Å². The Hall–Kier alpha value is -1.88. The fourth-order valence-electron chi connectivity index (χ4n) is 2.30. The van der Waals surface area contributed by atoms with Crippen molar-refractivity contribution in [2.24, 2.45) is 0 Å². The van der Waals surface area contributed by atoms with Crippen LogP contribution in [0.4, 0.5) is 4.39 Å². The van der Waals surface area contributed by atoms with Crippen LogP contribution in [0.5, 0.6) is 5.75 Å². The Kier molecular flexibility index (Phi) is 7.25. The highest BCUT2D eigenvalue weighted by Crippen LogP contribution is 2.20. The molecule has 0 atom stereocenters. The zero-order chi connectivity index (χ0) is 15.9. The molecule has 126 valence electrons. The third kappa shape index (κ3) is 5.06. The van der Waals surface area contributed by atoms with Crippen molar-refractivity contribution < 1.29 is 9.13 Å². The lowest BCUT2D eigenvalue weighted by Gasteiger charge is -2.12. The van der Waals surface area contributed by atoms with Gasteiger partial charge < -0.3 is 10.1 Å². The fourth-order valence-corrected chi connectivity index (χ4v) is 2.97. The molecule has 0 bridgehead atoms. The SMILES string of the molecule is Cl.Fc1ccccc1COc1ccccc1CNCc1cccs1. The molecule has 0 aliphatic heterocycles. The van der Waals surface area contributed by atoms with Gasteiger partial charge in [0.05, 0.1) is 0 Å². The van der Waals surface area contributed by atoms with E-state index < -0.39 is 0 Å². The number of thiophene rings is 1. The molecule has 0 spiro atoms. The minimum Gasteiger partial charge on any atom is -0.488 e. The highest BCUT2D eigenvalue weighted by Gasteiger charge is 2.06. The van der Waals surface area contributed by atoms with Gasteiger partial charge in [0.1, 0.15) is 18.2 Å². The maximum atomic E-state index is 13.7.